The number of para-hydroxylation sites is 1. The highest BCUT2D eigenvalue weighted by Gasteiger charge is 2.44. The fraction of sp³-hybridized carbons (Fsp3) is 0.267. The highest BCUT2D eigenvalue weighted by Crippen LogP contribution is 2.40. The molecule has 3 aromatic carbocycles. The van der Waals surface area contributed by atoms with Crippen molar-refractivity contribution in [1.82, 2.24) is 0 Å². The summed E-state index contributed by atoms with van der Waals surface area (Å²) >= 11 is 0. The summed E-state index contributed by atoms with van der Waals surface area (Å²) < 4.78 is 0. The molecule has 0 aliphatic carbocycles. The quantitative estimate of drug-likeness (QED) is 0.433. The Kier molecular flexibility index (Phi) is 5.82. The first kappa shape index (κ1) is 22.1. The van der Waals surface area contributed by atoms with E-state index in [0.29, 0.717) is 23.5 Å². The van der Waals surface area contributed by atoms with Crippen molar-refractivity contribution in [1.29, 1.82) is 0 Å². The van der Waals surface area contributed by atoms with E-state index >= 15 is 0 Å². The lowest BCUT2D eigenvalue weighted by Gasteiger charge is -2.22. The van der Waals surface area contributed by atoms with Crippen molar-refractivity contribution < 1.29 is 9.59 Å². The van der Waals surface area contributed by atoms with Gasteiger partial charge < -0.3 is 4.90 Å². The van der Waals surface area contributed by atoms with Crippen molar-refractivity contribution in [2.45, 2.75) is 46.5 Å². The summed E-state index contributed by atoms with van der Waals surface area (Å²) in [6, 6.07) is 22.0. The molecular weight excluding hydrogens is 420 g/mol. The van der Waals surface area contributed by atoms with Gasteiger partial charge in [0.15, 0.2) is 0 Å². The maximum Gasteiger partial charge on any atom is 0.282 e. The number of nitrogens with zero attached hydrogens (tertiary/aromatic N) is 2. The van der Waals surface area contributed by atoms with E-state index in [1.165, 1.54) is 16.0 Å². The minimum Gasteiger partial charge on any atom is -0.336 e. The Bertz CT molecular complexity index is 1300. The van der Waals surface area contributed by atoms with Crippen LogP contribution >= 0.6 is 0 Å². The number of unbranched alkanes of at least 4 members (excludes halogenated alkanes) is 1. The lowest BCUT2D eigenvalue weighted by molar-refractivity contribution is -0.120. The predicted molar refractivity (Wildman–Crippen MR) is 138 cm³/mol. The van der Waals surface area contributed by atoms with E-state index in [1.54, 1.807) is 0 Å². The van der Waals surface area contributed by atoms with Gasteiger partial charge in [0, 0.05) is 12.2 Å². The van der Waals surface area contributed by atoms with Gasteiger partial charge in [-0.3, -0.25) is 9.59 Å². The molecule has 0 fully saturated rings. The molecule has 0 saturated heterocycles. The zero-order chi connectivity index (χ0) is 23.8. The zero-order valence-corrected chi connectivity index (χ0v) is 20.1. The van der Waals surface area contributed by atoms with Crippen molar-refractivity contribution in [3.8, 4) is 0 Å². The van der Waals surface area contributed by atoms with Gasteiger partial charge >= 0.3 is 0 Å². The van der Waals surface area contributed by atoms with Crippen LogP contribution < -0.4 is 9.80 Å². The summed E-state index contributed by atoms with van der Waals surface area (Å²) in [6.45, 7) is 6.96. The molecule has 0 bridgehead atoms. The van der Waals surface area contributed by atoms with Crippen LogP contribution in [0.5, 0.6) is 0 Å². The molecule has 0 atom stereocenters. The minimum atomic E-state index is -0.256. The number of carbonyl (C=O) groups is 2. The Morgan fingerprint density at radius 3 is 2.35 bits per heavy atom. The van der Waals surface area contributed by atoms with E-state index in [4.69, 9.17) is 0 Å². The van der Waals surface area contributed by atoms with E-state index < -0.39 is 0 Å². The SMILES string of the molecule is CCCCc1ccc(N2C(=O)C(c3ccc(C)c(C)c3)=C(N3CCc4ccccc43)C2=O)cc1. The Balaban J connectivity index is 1.60. The van der Waals surface area contributed by atoms with Crippen LogP contribution in [-0.4, -0.2) is 18.4 Å². The molecule has 34 heavy (non-hydrogen) atoms. The summed E-state index contributed by atoms with van der Waals surface area (Å²) in [5.41, 5.74) is 8.08. The second kappa shape index (κ2) is 8.94. The molecule has 0 N–H and O–H groups in total. The van der Waals surface area contributed by atoms with Crippen molar-refractivity contribution in [2.24, 2.45) is 0 Å². The minimum absolute atomic E-state index is 0.253. The van der Waals surface area contributed by atoms with Crippen LogP contribution in [0.1, 0.15) is 47.6 Å². The molecule has 2 aliphatic rings. The van der Waals surface area contributed by atoms with E-state index in [9.17, 15) is 9.59 Å². The second-order valence-electron chi connectivity index (χ2n) is 9.27. The monoisotopic (exact) mass is 450 g/mol. The Hall–Kier alpha value is -3.66. The molecule has 2 amide bonds. The first-order valence-corrected chi connectivity index (χ1v) is 12.1. The molecule has 4 nitrogen and oxygen atoms in total. The van der Waals surface area contributed by atoms with Gasteiger partial charge in [0.25, 0.3) is 11.8 Å². The number of carbonyl (C=O) groups excluding carboxylic acids is 2. The number of rotatable bonds is 6. The van der Waals surface area contributed by atoms with Crippen molar-refractivity contribution in [3.05, 3.63) is 100 Å². The molecule has 3 aromatic rings. The van der Waals surface area contributed by atoms with Crippen LogP contribution in [0.4, 0.5) is 11.4 Å². The average Bonchev–Trinajstić information content (AvgIpc) is 3.38. The van der Waals surface area contributed by atoms with Gasteiger partial charge in [0.2, 0.25) is 0 Å². The zero-order valence-electron chi connectivity index (χ0n) is 20.1. The summed E-state index contributed by atoms with van der Waals surface area (Å²) in [5, 5.41) is 0. The second-order valence-corrected chi connectivity index (χ2v) is 9.27. The number of benzene rings is 3. The third-order valence-electron chi connectivity index (χ3n) is 7.03. The lowest BCUT2D eigenvalue weighted by Crippen LogP contribution is -2.34. The molecule has 172 valence electrons. The van der Waals surface area contributed by atoms with Gasteiger partial charge in [0.1, 0.15) is 5.70 Å². The van der Waals surface area contributed by atoms with Crippen LogP contribution in [0.15, 0.2) is 72.4 Å². The summed E-state index contributed by atoms with van der Waals surface area (Å²) in [7, 11) is 0. The van der Waals surface area contributed by atoms with Gasteiger partial charge in [-0.1, -0.05) is 61.9 Å². The molecule has 0 spiro atoms. The molecule has 2 aliphatic heterocycles. The van der Waals surface area contributed by atoms with E-state index in [2.05, 4.69) is 19.9 Å². The predicted octanol–water partition coefficient (Wildman–Crippen LogP) is 5.99. The normalized spacial score (nSPS) is 15.5. The van der Waals surface area contributed by atoms with Crippen LogP contribution in [-0.2, 0) is 22.4 Å². The summed E-state index contributed by atoms with van der Waals surface area (Å²) in [5.74, 6) is -0.509. The lowest BCUT2D eigenvalue weighted by atomic mass is 9.99. The molecule has 2 heterocycles. The molecule has 5 rings (SSSR count). The fourth-order valence-electron chi connectivity index (χ4n) is 4.92. The first-order chi connectivity index (χ1) is 16.5. The third kappa shape index (κ3) is 3.73. The fourth-order valence-corrected chi connectivity index (χ4v) is 4.92. The van der Waals surface area contributed by atoms with Crippen LogP contribution in [0, 0.1) is 13.8 Å². The topological polar surface area (TPSA) is 40.6 Å². The number of hydrogen-bond donors (Lipinski definition) is 0. The maximum absolute atomic E-state index is 13.9. The van der Waals surface area contributed by atoms with E-state index in [1.807, 2.05) is 72.5 Å². The molecule has 0 aromatic heterocycles. The summed E-state index contributed by atoms with van der Waals surface area (Å²) in [4.78, 5) is 31.2. The molecule has 0 saturated carbocycles. The summed E-state index contributed by atoms with van der Waals surface area (Å²) in [6.07, 6.45) is 4.11. The van der Waals surface area contributed by atoms with Crippen molar-refractivity contribution in [3.63, 3.8) is 0 Å². The Morgan fingerprint density at radius 2 is 1.62 bits per heavy atom. The van der Waals surface area contributed by atoms with Crippen LogP contribution in [0.3, 0.4) is 0 Å². The maximum atomic E-state index is 13.9. The molecule has 0 unspecified atom stereocenters. The van der Waals surface area contributed by atoms with Crippen molar-refractivity contribution in [2.75, 3.05) is 16.3 Å². The number of fused-ring (bicyclic) bond motifs is 1. The van der Waals surface area contributed by atoms with Gasteiger partial charge in [-0.15, -0.1) is 0 Å². The van der Waals surface area contributed by atoms with Gasteiger partial charge in [0.05, 0.1) is 11.3 Å². The van der Waals surface area contributed by atoms with Crippen LogP contribution in [0.25, 0.3) is 5.57 Å². The van der Waals surface area contributed by atoms with E-state index in [0.717, 1.165) is 48.1 Å². The number of aryl methyl sites for hydroxylation is 3. The van der Waals surface area contributed by atoms with Gasteiger partial charge in [-0.2, -0.15) is 0 Å². The Morgan fingerprint density at radius 1 is 0.853 bits per heavy atom. The highest BCUT2D eigenvalue weighted by molar-refractivity contribution is 6.46. The van der Waals surface area contributed by atoms with Gasteiger partial charge in [-0.25, -0.2) is 4.90 Å². The van der Waals surface area contributed by atoms with Crippen LogP contribution in [0.2, 0.25) is 0 Å². The van der Waals surface area contributed by atoms with Crippen molar-refractivity contribution >= 4 is 28.8 Å². The third-order valence-corrected chi connectivity index (χ3v) is 7.03. The number of amides is 2. The number of hydrogen-bond acceptors (Lipinski definition) is 3. The Labute approximate surface area is 201 Å². The standard InChI is InChI=1S/C30H30N2O2/c1-4-5-8-22-12-15-25(16-13-22)32-29(33)27(24-14-11-20(2)21(3)19-24)28(30(32)34)31-18-17-23-9-6-7-10-26(23)31/h6-7,9-16,19H,4-5,8,17-18H2,1-3H3. The molecule has 4 heteroatoms. The van der Waals surface area contributed by atoms with Gasteiger partial charge in [-0.05, 0) is 79.1 Å². The van der Waals surface area contributed by atoms with E-state index in [-0.39, 0.29) is 11.8 Å². The largest absolute Gasteiger partial charge is 0.336 e. The smallest absolute Gasteiger partial charge is 0.282 e. The number of anilines is 2. The molecule has 0 radical (unpaired) electrons. The molecular formula is C30H30N2O2. The highest BCUT2D eigenvalue weighted by atomic mass is 16.2. The average molecular weight is 451 g/mol. The number of imide groups is 1. The first-order valence-electron chi connectivity index (χ1n) is 12.1.